The lowest BCUT2D eigenvalue weighted by Gasteiger charge is -2.13. The zero-order chi connectivity index (χ0) is 21.7. The van der Waals surface area contributed by atoms with Crippen LogP contribution in [0.1, 0.15) is 17.0 Å². The number of benzene rings is 2. The number of hydrogen-bond donors (Lipinski definition) is 2. The molecule has 3 rings (SSSR count). The van der Waals surface area contributed by atoms with Crippen LogP contribution in [0.5, 0.6) is 11.5 Å². The Morgan fingerprint density at radius 3 is 2.70 bits per heavy atom. The summed E-state index contributed by atoms with van der Waals surface area (Å²) in [5.41, 5.74) is 3.06. The molecule has 0 unspecified atom stereocenters. The van der Waals surface area contributed by atoms with E-state index in [0.29, 0.717) is 46.9 Å². The minimum absolute atomic E-state index is 0.199. The second kappa shape index (κ2) is 9.41. The maximum Gasteiger partial charge on any atom is 0.259 e. The monoisotopic (exact) mass is 409 g/mol. The molecular weight excluding hydrogens is 382 g/mol. The van der Waals surface area contributed by atoms with Gasteiger partial charge < -0.3 is 24.7 Å². The highest BCUT2D eigenvalue weighted by Gasteiger charge is 2.16. The molecule has 0 fully saturated rings. The smallest absolute Gasteiger partial charge is 0.259 e. The van der Waals surface area contributed by atoms with E-state index >= 15 is 0 Å². The summed E-state index contributed by atoms with van der Waals surface area (Å²) in [6, 6.07) is 9.70. The van der Waals surface area contributed by atoms with Gasteiger partial charge in [-0.25, -0.2) is 9.98 Å². The van der Waals surface area contributed by atoms with Gasteiger partial charge in [0.1, 0.15) is 5.82 Å². The Hall–Kier alpha value is -3.39. The van der Waals surface area contributed by atoms with Gasteiger partial charge in [-0.15, -0.1) is 0 Å². The molecule has 0 aliphatic heterocycles. The topological polar surface area (TPSA) is 91.8 Å². The van der Waals surface area contributed by atoms with Gasteiger partial charge in [-0.05, 0) is 24.6 Å². The van der Waals surface area contributed by atoms with Gasteiger partial charge in [0.25, 0.3) is 5.56 Å². The highest BCUT2D eigenvalue weighted by molar-refractivity contribution is 5.86. The van der Waals surface area contributed by atoms with E-state index in [1.54, 1.807) is 26.6 Å². The van der Waals surface area contributed by atoms with Crippen LogP contribution >= 0.6 is 0 Å². The molecule has 3 aromatic rings. The molecule has 8 heteroatoms. The van der Waals surface area contributed by atoms with E-state index < -0.39 is 0 Å². The number of methoxy groups -OCH3 is 2. The average Bonchev–Trinajstić information content (AvgIpc) is 2.72. The zero-order valence-electron chi connectivity index (χ0n) is 17.9. The molecule has 1 aromatic heterocycles. The molecule has 0 bridgehead atoms. The summed E-state index contributed by atoms with van der Waals surface area (Å²) in [4.78, 5) is 26.4. The first-order chi connectivity index (χ1) is 14.4. The molecule has 0 atom stereocenters. The number of ether oxygens (including phenoxy) is 2. The Balaban J connectivity index is 1.77. The number of nitrogens with zero attached hydrogens (tertiary/aromatic N) is 3. The van der Waals surface area contributed by atoms with E-state index in [2.05, 4.69) is 20.3 Å². The highest BCUT2D eigenvalue weighted by atomic mass is 16.5. The van der Waals surface area contributed by atoms with E-state index in [0.717, 1.165) is 11.3 Å². The molecule has 1 heterocycles. The number of hydrogen-bond acceptors (Lipinski definition) is 6. The van der Waals surface area contributed by atoms with Crippen LogP contribution < -0.4 is 20.3 Å². The van der Waals surface area contributed by atoms with Gasteiger partial charge in [-0.3, -0.25) is 4.79 Å². The molecule has 0 saturated heterocycles. The molecule has 0 radical (unpaired) electrons. The van der Waals surface area contributed by atoms with Crippen molar-refractivity contribution in [3.05, 3.63) is 57.6 Å². The summed E-state index contributed by atoms with van der Waals surface area (Å²) >= 11 is 0. The second-order valence-corrected chi connectivity index (χ2v) is 7.13. The van der Waals surface area contributed by atoms with Crippen LogP contribution in [0.15, 0.2) is 40.1 Å². The predicted molar refractivity (Wildman–Crippen MR) is 119 cm³/mol. The van der Waals surface area contributed by atoms with Crippen molar-refractivity contribution >= 4 is 22.9 Å². The fraction of sp³-hybridized carbons (Fsp3) is 0.318. The van der Waals surface area contributed by atoms with Crippen molar-refractivity contribution in [1.29, 1.82) is 0 Å². The Morgan fingerprint density at radius 1 is 1.20 bits per heavy atom. The molecule has 0 amide bonds. The van der Waals surface area contributed by atoms with Gasteiger partial charge in [0.15, 0.2) is 11.5 Å². The van der Waals surface area contributed by atoms with Crippen molar-refractivity contribution in [3.63, 3.8) is 0 Å². The van der Waals surface area contributed by atoms with Crippen LogP contribution in [-0.2, 0) is 13.1 Å². The molecule has 2 N–H and O–H groups in total. The highest BCUT2D eigenvalue weighted by Crippen LogP contribution is 2.34. The maximum absolute atomic E-state index is 12.7. The molecule has 158 valence electrons. The lowest BCUT2D eigenvalue weighted by atomic mass is 10.1. The second-order valence-electron chi connectivity index (χ2n) is 7.13. The van der Waals surface area contributed by atoms with Crippen LogP contribution in [0.25, 0.3) is 10.9 Å². The number of nitrogens with one attached hydrogen (secondary N) is 2. The zero-order valence-corrected chi connectivity index (χ0v) is 17.9. The van der Waals surface area contributed by atoms with Crippen molar-refractivity contribution in [3.8, 4) is 11.5 Å². The average molecular weight is 409 g/mol. The van der Waals surface area contributed by atoms with Crippen LogP contribution in [0, 0.1) is 6.92 Å². The third-order valence-electron chi connectivity index (χ3n) is 4.60. The van der Waals surface area contributed by atoms with Crippen LogP contribution in [0.2, 0.25) is 0 Å². The van der Waals surface area contributed by atoms with Crippen molar-refractivity contribution in [1.82, 2.24) is 20.2 Å². The number of rotatable bonds is 8. The van der Waals surface area contributed by atoms with Gasteiger partial charge in [0.05, 0.1) is 43.7 Å². The number of aliphatic imine (C=N–C) groups is 1. The SMILES string of the molecule is COc1cc2nc(CNCc3cccc(N=CN(C)C)c3)[nH]c(=O)c2c(C)c1OC. The molecule has 8 nitrogen and oxygen atoms in total. The predicted octanol–water partition coefficient (Wildman–Crippen LogP) is 2.76. The molecule has 0 aliphatic rings. The minimum Gasteiger partial charge on any atom is -0.493 e. The summed E-state index contributed by atoms with van der Waals surface area (Å²) in [5.74, 6) is 1.65. The Kier molecular flexibility index (Phi) is 6.68. The molecule has 2 aromatic carbocycles. The maximum atomic E-state index is 12.7. The van der Waals surface area contributed by atoms with E-state index in [1.807, 2.05) is 50.2 Å². The van der Waals surface area contributed by atoms with Crippen LogP contribution in [0.4, 0.5) is 5.69 Å². The van der Waals surface area contributed by atoms with Crippen molar-refractivity contribution in [2.24, 2.45) is 4.99 Å². The van der Waals surface area contributed by atoms with E-state index in [-0.39, 0.29) is 5.56 Å². The fourth-order valence-electron chi connectivity index (χ4n) is 3.24. The molecular formula is C22H27N5O3. The third kappa shape index (κ3) is 4.77. The fourth-order valence-corrected chi connectivity index (χ4v) is 3.24. The third-order valence-corrected chi connectivity index (χ3v) is 4.60. The first kappa shape index (κ1) is 21.3. The Bertz CT molecular complexity index is 1120. The van der Waals surface area contributed by atoms with Gasteiger partial charge in [-0.1, -0.05) is 12.1 Å². The number of aromatic nitrogens is 2. The lowest BCUT2D eigenvalue weighted by Crippen LogP contribution is -2.20. The molecule has 0 aliphatic carbocycles. The quantitative estimate of drug-likeness (QED) is 0.439. The van der Waals surface area contributed by atoms with E-state index in [1.165, 1.54) is 0 Å². The van der Waals surface area contributed by atoms with Gasteiger partial charge in [-0.2, -0.15) is 0 Å². The number of aromatic amines is 1. The standard InChI is InChI=1S/C22H27N5O3/c1-14-20-17(10-18(29-4)21(14)30-5)25-19(26-22(20)28)12-23-11-15-7-6-8-16(9-15)24-13-27(2)3/h6-10,13,23H,11-12H2,1-5H3,(H,25,26,28). The molecule has 0 spiro atoms. The summed E-state index contributed by atoms with van der Waals surface area (Å²) in [6.45, 7) is 2.87. The molecule has 0 saturated carbocycles. The first-order valence-corrected chi connectivity index (χ1v) is 9.57. The molecule has 30 heavy (non-hydrogen) atoms. The van der Waals surface area contributed by atoms with Crippen molar-refractivity contribution in [2.75, 3.05) is 28.3 Å². The van der Waals surface area contributed by atoms with Gasteiger partial charge >= 0.3 is 0 Å². The summed E-state index contributed by atoms with van der Waals surface area (Å²) < 4.78 is 10.8. The minimum atomic E-state index is -0.199. The number of fused-ring (bicyclic) bond motifs is 1. The van der Waals surface area contributed by atoms with Crippen molar-refractivity contribution in [2.45, 2.75) is 20.0 Å². The summed E-state index contributed by atoms with van der Waals surface area (Å²) in [5, 5.41) is 3.82. The summed E-state index contributed by atoms with van der Waals surface area (Å²) in [6.07, 6.45) is 1.77. The number of H-pyrrole nitrogens is 1. The first-order valence-electron chi connectivity index (χ1n) is 9.57. The normalized spacial score (nSPS) is 11.2. The van der Waals surface area contributed by atoms with Crippen molar-refractivity contribution < 1.29 is 9.47 Å². The Labute approximate surface area is 175 Å². The van der Waals surface area contributed by atoms with E-state index in [4.69, 9.17) is 9.47 Å². The lowest BCUT2D eigenvalue weighted by molar-refractivity contribution is 0.354. The van der Waals surface area contributed by atoms with Crippen LogP contribution in [0.3, 0.4) is 0 Å². The number of aryl methyl sites for hydroxylation is 1. The summed E-state index contributed by atoms with van der Waals surface area (Å²) in [7, 11) is 6.98. The Morgan fingerprint density at radius 2 is 2.00 bits per heavy atom. The largest absolute Gasteiger partial charge is 0.493 e. The van der Waals surface area contributed by atoms with Gasteiger partial charge in [0.2, 0.25) is 0 Å². The van der Waals surface area contributed by atoms with Crippen LogP contribution in [-0.4, -0.2) is 49.5 Å². The van der Waals surface area contributed by atoms with Gasteiger partial charge in [0, 0.05) is 32.3 Å². The van der Waals surface area contributed by atoms with E-state index in [9.17, 15) is 4.79 Å².